The largest absolute Gasteiger partial charge is 0.492 e. The highest BCUT2D eigenvalue weighted by atomic mass is 32.2. The molecule has 0 bridgehead atoms. The lowest BCUT2D eigenvalue weighted by Crippen LogP contribution is -2.26. The number of rotatable bonds is 8. The molecule has 0 spiro atoms. The van der Waals surface area contributed by atoms with Crippen LogP contribution >= 0.6 is 0 Å². The lowest BCUT2D eigenvalue weighted by atomic mass is 10.3. The average Bonchev–Trinajstić information content (AvgIpc) is 2.32. The third-order valence-electron chi connectivity index (χ3n) is 2.45. The van der Waals surface area contributed by atoms with E-state index in [2.05, 4.69) is 5.32 Å². The summed E-state index contributed by atoms with van der Waals surface area (Å²) in [5.41, 5.74) is 0. The van der Waals surface area contributed by atoms with Crippen molar-refractivity contribution in [1.82, 2.24) is 5.32 Å². The maximum Gasteiger partial charge on any atom is 0.175 e. The first-order chi connectivity index (χ1) is 9.18. The summed E-state index contributed by atoms with van der Waals surface area (Å²) in [6, 6.07) is 6.16. The van der Waals surface area contributed by atoms with Crippen LogP contribution in [0.5, 0.6) is 5.75 Å². The third kappa shape index (κ3) is 6.88. The Bertz CT molecular complexity index is 620. The number of ether oxygens (including phenoxy) is 1. The normalized spacial score (nSPS) is 12.3. The molecule has 0 saturated heterocycles. The summed E-state index contributed by atoms with van der Waals surface area (Å²) in [6.45, 7) is 1.28. The number of hydrogen-bond donors (Lipinski definition) is 1. The molecule has 0 atom stereocenters. The fraction of sp³-hybridized carbons (Fsp3) is 0.500. The van der Waals surface area contributed by atoms with Gasteiger partial charge in [-0.15, -0.1) is 0 Å². The Morgan fingerprint density at radius 3 is 2.10 bits per heavy atom. The van der Waals surface area contributed by atoms with E-state index in [-0.39, 0.29) is 10.6 Å². The molecule has 6 nitrogen and oxygen atoms in total. The Balaban J connectivity index is 2.29. The number of sulfone groups is 2. The Morgan fingerprint density at radius 1 is 1.00 bits per heavy atom. The molecule has 0 heterocycles. The molecular weight excluding hydrogens is 302 g/mol. The van der Waals surface area contributed by atoms with Gasteiger partial charge in [-0.1, -0.05) is 0 Å². The lowest BCUT2D eigenvalue weighted by Gasteiger charge is -2.07. The number of nitrogens with one attached hydrogen (secondary N) is 1. The van der Waals surface area contributed by atoms with Gasteiger partial charge in [-0.05, 0) is 24.3 Å². The van der Waals surface area contributed by atoms with Crippen LogP contribution in [0.1, 0.15) is 0 Å². The summed E-state index contributed by atoms with van der Waals surface area (Å²) >= 11 is 0. The Labute approximate surface area is 120 Å². The molecule has 0 radical (unpaired) electrons. The van der Waals surface area contributed by atoms with Crippen molar-refractivity contribution in [3.63, 3.8) is 0 Å². The van der Waals surface area contributed by atoms with Gasteiger partial charge in [-0.25, -0.2) is 16.8 Å². The first-order valence-electron chi connectivity index (χ1n) is 6.00. The van der Waals surface area contributed by atoms with Crippen LogP contribution in [0.3, 0.4) is 0 Å². The van der Waals surface area contributed by atoms with Crippen LogP contribution in [0.25, 0.3) is 0 Å². The van der Waals surface area contributed by atoms with Crippen molar-refractivity contribution in [2.75, 3.05) is 38.0 Å². The average molecular weight is 321 g/mol. The van der Waals surface area contributed by atoms with E-state index < -0.39 is 19.7 Å². The van der Waals surface area contributed by atoms with Gasteiger partial charge in [0, 0.05) is 25.6 Å². The zero-order valence-corrected chi connectivity index (χ0v) is 13.1. The van der Waals surface area contributed by atoms with Gasteiger partial charge in [0.25, 0.3) is 0 Å². The molecule has 114 valence electrons. The second-order valence-electron chi connectivity index (χ2n) is 4.47. The molecule has 1 aromatic rings. The highest BCUT2D eigenvalue weighted by molar-refractivity contribution is 7.91. The highest BCUT2D eigenvalue weighted by Crippen LogP contribution is 2.15. The molecule has 0 aromatic heterocycles. The molecule has 20 heavy (non-hydrogen) atoms. The Morgan fingerprint density at radius 2 is 1.60 bits per heavy atom. The lowest BCUT2D eigenvalue weighted by molar-refractivity contribution is 0.315. The molecule has 0 unspecified atom stereocenters. The molecule has 1 aromatic carbocycles. The van der Waals surface area contributed by atoms with Crippen LogP contribution in [0.4, 0.5) is 0 Å². The first kappa shape index (κ1) is 16.9. The summed E-state index contributed by atoms with van der Waals surface area (Å²) < 4.78 is 49.7. The van der Waals surface area contributed by atoms with E-state index >= 15 is 0 Å². The van der Waals surface area contributed by atoms with E-state index in [0.29, 0.717) is 25.4 Å². The molecule has 1 N–H and O–H groups in total. The van der Waals surface area contributed by atoms with Gasteiger partial charge in [-0.3, -0.25) is 0 Å². The van der Waals surface area contributed by atoms with Crippen LogP contribution in [0.15, 0.2) is 29.2 Å². The topological polar surface area (TPSA) is 89.5 Å². The molecule has 8 heteroatoms. The van der Waals surface area contributed by atoms with Gasteiger partial charge in [-0.2, -0.15) is 0 Å². The molecule has 0 aliphatic heterocycles. The van der Waals surface area contributed by atoms with E-state index in [0.717, 1.165) is 6.26 Å². The van der Waals surface area contributed by atoms with Crippen LogP contribution in [0, 0.1) is 0 Å². The second-order valence-corrected chi connectivity index (χ2v) is 8.75. The van der Waals surface area contributed by atoms with Crippen molar-refractivity contribution >= 4 is 19.7 Å². The first-order valence-corrected chi connectivity index (χ1v) is 9.95. The van der Waals surface area contributed by atoms with E-state index in [9.17, 15) is 16.8 Å². The van der Waals surface area contributed by atoms with Crippen molar-refractivity contribution in [2.24, 2.45) is 0 Å². The summed E-state index contributed by atoms with van der Waals surface area (Å²) in [5, 5.41) is 2.95. The van der Waals surface area contributed by atoms with Crippen molar-refractivity contribution in [3.8, 4) is 5.75 Å². The van der Waals surface area contributed by atoms with Crippen molar-refractivity contribution < 1.29 is 21.6 Å². The Kier molecular flexibility index (Phi) is 5.97. The van der Waals surface area contributed by atoms with E-state index in [4.69, 9.17) is 4.74 Å². The molecule has 0 amide bonds. The minimum atomic E-state index is -3.19. The third-order valence-corrected chi connectivity index (χ3v) is 4.52. The summed E-state index contributed by atoms with van der Waals surface area (Å²) in [4.78, 5) is 0.246. The molecular formula is C12H19NO5S2. The fourth-order valence-corrected chi connectivity index (χ4v) is 2.55. The molecule has 1 rings (SSSR count). The van der Waals surface area contributed by atoms with Gasteiger partial charge >= 0.3 is 0 Å². The van der Waals surface area contributed by atoms with Crippen molar-refractivity contribution in [2.45, 2.75) is 4.90 Å². The van der Waals surface area contributed by atoms with Crippen LogP contribution in [0.2, 0.25) is 0 Å². The van der Waals surface area contributed by atoms with E-state index in [1.807, 2.05) is 0 Å². The van der Waals surface area contributed by atoms with E-state index in [1.54, 1.807) is 12.1 Å². The predicted molar refractivity (Wildman–Crippen MR) is 77.6 cm³/mol. The zero-order valence-electron chi connectivity index (χ0n) is 11.5. The van der Waals surface area contributed by atoms with Crippen molar-refractivity contribution in [3.05, 3.63) is 24.3 Å². The second kappa shape index (κ2) is 7.05. The fourth-order valence-electron chi connectivity index (χ4n) is 1.41. The maximum atomic E-state index is 11.3. The predicted octanol–water partition coefficient (Wildman–Crippen LogP) is 0.103. The monoisotopic (exact) mass is 321 g/mol. The van der Waals surface area contributed by atoms with Gasteiger partial charge in [0.2, 0.25) is 0 Å². The van der Waals surface area contributed by atoms with Gasteiger partial charge in [0.05, 0.1) is 10.6 Å². The molecule has 0 aliphatic rings. The van der Waals surface area contributed by atoms with Gasteiger partial charge in [0.1, 0.15) is 22.2 Å². The van der Waals surface area contributed by atoms with Crippen LogP contribution < -0.4 is 10.1 Å². The van der Waals surface area contributed by atoms with Crippen LogP contribution in [-0.2, 0) is 19.7 Å². The zero-order chi connectivity index (χ0) is 15.2. The highest BCUT2D eigenvalue weighted by Gasteiger charge is 2.06. The Hall–Kier alpha value is -1.12. The minimum absolute atomic E-state index is 0.0933. The van der Waals surface area contributed by atoms with Crippen molar-refractivity contribution in [1.29, 1.82) is 0 Å². The van der Waals surface area contributed by atoms with Gasteiger partial charge in [0.15, 0.2) is 9.84 Å². The molecule has 0 saturated carbocycles. The SMILES string of the molecule is CS(=O)(=O)CCNCCOc1ccc(S(C)(=O)=O)cc1. The number of hydrogen-bond acceptors (Lipinski definition) is 6. The molecule has 0 aliphatic carbocycles. The van der Waals surface area contributed by atoms with E-state index in [1.165, 1.54) is 18.4 Å². The molecule has 0 fully saturated rings. The standard InChI is InChI=1S/C12H19NO5S2/c1-19(14,15)10-8-13-7-9-18-11-3-5-12(6-4-11)20(2,16)17/h3-6,13H,7-10H2,1-2H3. The van der Waals surface area contributed by atoms with Crippen LogP contribution in [-0.4, -0.2) is 54.8 Å². The van der Waals surface area contributed by atoms with Gasteiger partial charge < -0.3 is 10.1 Å². The summed E-state index contributed by atoms with van der Waals surface area (Å²) in [7, 11) is -6.13. The summed E-state index contributed by atoms with van der Waals surface area (Å²) in [5.74, 6) is 0.665. The maximum absolute atomic E-state index is 11.3. The quantitative estimate of drug-likeness (QED) is 0.683. The number of benzene rings is 1. The minimum Gasteiger partial charge on any atom is -0.492 e. The smallest absolute Gasteiger partial charge is 0.175 e. The summed E-state index contributed by atoms with van der Waals surface area (Å²) in [6.07, 6.45) is 2.34.